The lowest BCUT2D eigenvalue weighted by atomic mass is 10.1. The third-order valence-electron chi connectivity index (χ3n) is 4.87. The van der Waals surface area contributed by atoms with Gasteiger partial charge in [0.25, 0.3) is 5.56 Å². The maximum atomic E-state index is 13.5. The molecule has 0 aliphatic carbocycles. The zero-order valence-electron chi connectivity index (χ0n) is 15.6. The Bertz CT molecular complexity index is 1390. The van der Waals surface area contributed by atoms with Crippen LogP contribution in [0.1, 0.15) is 5.56 Å². The monoisotopic (exact) mass is 380 g/mol. The molecule has 0 atom stereocenters. The molecule has 0 aliphatic rings. The molecule has 3 aromatic carbocycles. The lowest BCUT2D eigenvalue weighted by Gasteiger charge is -2.15. The van der Waals surface area contributed by atoms with Gasteiger partial charge in [0.15, 0.2) is 0 Å². The maximum absolute atomic E-state index is 13.5. The normalized spacial score (nSPS) is 11.1. The van der Waals surface area contributed by atoms with Crippen LogP contribution >= 0.6 is 0 Å². The molecular formula is C22H16N6O. The number of benzene rings is 3. The third kappa shape index (κ3) is 2.89. The van der Waals surface area contributed by atoms with Crippen molar-refractivity contribution in [1.29, 1.82) is 0 Å². The van der Waals surface area contributed by atoms with Crippen LogP contribution in [0.4, 0.5) is 0 Å². The number of nitrogens with one attached hydrogen (secondary N) is 1. The van der Waals surface area contributed by atoms with Gasteiger partial charge in [-0.05, 0) is 42.0 Å². The standard InChI is InChI=1S/C22H16N6O/c1-14-7-2-3-10-17(14)21-23-19-12-5-4-11-18(19)22(29)28(21)16-9-6-8-15(13-16)20-24-26-27-25-20/h2-13H,1H3,(H,24,25,26,27). The summed E-state index contributed by atoms with van der Waals surface area (Å²) in [5.74, 6) is 1.06. The summed E-state index contributed by atoms with van der Waals surface area (Å²) >= 11 is 0. The van der Waals surface area contributed by atoms with Gasteiger partial charge in [-0.15, -0.1) is 10.2 Å². The van der Waals surface area contributed by atoms with Gasteiger partial charge in [-0.1, -0.05) is 48.5 Å². The molecule has 0 saturated heterocycles. The largest absolute Gasteiger partial charge is 0.268 e. The van der Waals surface area contributed by atoms with E-state index in [1.807, 2.05) is 73.7 Å². The minimum atomic E-state index is -0.126. The lowest BCUT2D eigenvalue weighted by Crippen LogP contribution is -2.22. The van der Waals surface area contributed by atoms with Gasteiger partial charge in [0.05, 0.1) is 16.6 Å². The highest BCUT2D eigenvalue weighted by atomic mass is 16.1. The molecule has 29 heavy (non-hydrogen) atoms. The van der Waals surface area contributed by atoms with Crippen molar-refractivity contribution in [2.24, 2.45) is 0 Å². The summed E-state index contributed by atoms with van der Waals surface area (Å²) in [4.78, 5) is 18.4. The Balaban J connectivity index is 1.85. The predicted molar refractivity (Wildman–Crippen MR) is 111 cm³/mol. The van der Waals surface area contributed by atoms with Crippen molar-refractivity contribution < 1.29 is 0 Å². The molecule has 7 heteroatoms. The first-order valence-corrected chi connectivity index (χ1v) is 9.14. The highest BCUT2D eigenvalue weighted by Gasteiger charge is 2.16. The van der Waals surface area contributed by atoms with E-state index >= 15 is 0 Å². The molecule has 0 fully saturated rings. The van der Waals surface area contributed by atoms with E-state index in [1.165, 1.54) is 0 Å². The van der Waals surface area contributed by atoms with Gasteiger partial charge in [0.1, 0.15) is 5.82 Å². The molecule has 0 amide bonds. The van der Waals surface area contributed by atoms with E-state index < -0.39 is 0 Å². The highest BCUT2D eigenvalue weighted by molar-refractivity contribution is 5.81. The minimum absolute atomic E-state index is 0.126. The van der Waals surface area contributed by atoms with Crippen LogP contribution in [0.25, 0.3) is 39.4 Å². The van der Waals surface area contributed by atoms with Crippen LogP contribution in [-0.2, 0) is 0 Å². The Labute approximate surface area is 165 Å². The van der Waals surface area contributed by atoms with Crippen LogP contribution in [0.15, 0.2) is 77.6 Å². The Morgan fingerprint density at radius 2 is 1.76 bits per heavy atom. The molecule has 0 saturated carbocycles. The molecule has 0 unspecified atom stereocenters. The molecule has 2 aromatic heterocycles. The summed E-state index contributed by atoms with van der Waals surface area (Å²) < 4.78 is 1.65. The Morgan fingerprint density at radius 3 is 2.59 bits per heavy atom. The Hall–Kier alpha value is -4.13. The van der Waals surface area contributed by atoms with Crippen LogP contribution in [0.5, 0.6) is 0 Å². The highest BCUT2D eigenvalue weighted by Crippen LogP contribution is 2.26. The number of para-hydroxylation sites is 1. The molecule has 0 spiro atoms. The average molecular weight is 380 g/mol. The summed E-state index contributed by atoms with van der Waals surface area (Å²) in [6.07, 6.45) is 0. The fourth-order valence-electron chi connectivity index (χ4n) is 3.44. The van der Waals surface area contributed by atoms with E-state index in [4.69, 9.17) is 4.98 Å². The van der Waals surface area contributed by atoms with Gasteiger partial charge in [-0.2, -0.15) is 5.21 Å². The summed E-state index contributed by atoms with van der Waals surface area (Å²) in [7, 11) is 0. The van der Waals surface area contributed by atoms with E-state index in [2.05, 4.69) is 20.6 Å². The second-order valence-electron chi connectivity index (χ2n) is 6.69. The molecule has 2 heterocycles. The maximum Gasteiger partial charge on any atom is 0.266 e. The quantitative estimate of drug-likeness (QED) is 0.517. The lowest BCUT2D eigenvalue weighted by molar-refractivity contribution is 0.881. The SMILES string of the molecule is Cc1ccccc1-c1nc2ccccc2c(=O)n1-c1cccc(-c2nn[nH]n2)c1. The average Bonchev–Trinajstić information content (AvgIpc) is 3.29. The molecule has 5 aromatic rings. The van der Waals surface area contributed by atoms with Crippen molar-refractivity contribution in [2.75, 3.05) is 0 Å². The minimum Gasteiger partial charge on any atom is -0.268 e. The van der Waals surface area contributed by atoms with E-state index in [9.17, 15) is 4.79 Å². The number of fused-ring (bicyclic) bond motifs is 1. The topological polar surface area (TPSA) is 89.4 Å². The molecule has 5 rings (SSSR count). The number of H-pyrrole nitrogens is 1. The van der Waals surface area contributed by atoms with Gasteiger partial charge < -0.3 is 0 Å². The van der Waals surface area contributed by atoms with Crippen LogP contribution < -0.4 is 5.56 Å². The number of aromatic amines is 1. The Kier molecular flexibility index (Phi) is 3.98. The van der Waals surface area contributed by atoms with Gasteiger partial charge in [0, 0.05) is 11.1 Å². The zero-order valence-corrected chi connectivity index (χ0v) is 15.6. The van der Waals surface area contributed by atoms with Crippen LogP contribution in [0, 0.1) is 6.92 Å². The fourth-order valence-corrected chi connectivity index (χ4v) is 3.44. The van der Waals surface area contributed by atoms with Crippen molar-refractivity contribution in [3.8, 4) is 28.5 Å². The number of hydrogen-bond donors (Lipinski definition) is 1. The molecular weight excluding hydrogens is 364 g/mol. The number of rotatable bonds is 3. The summed E-state index contributed by atoms with van der Waals surface area (Å²) in [6, 6.07) is 22.8. The van der Waals surface area contributed by atoms with E-state index in [0.29, 0.717) is 28.2 Å². The molecule has 0 bridgehead atoms. The molecule has 0 radical (unpaired) electrons. The van der Waals surface area contributed by atoms with E-state index in [1.54, 1.807) is 10.6 Å². The number of aryl methyl sites for hydroxylation is 1. The molecule has 0 aliphatic heterocycles. The smallest absolute Gasteiger partial charge is 0.266 e. The summed E-state index contributed by atoms with van der Waals surface area (Å²) in [6.45, 7) is 2.01. The van der Waals surface area contributed by atoms with Gasteiger partial charge in [-0.3, -0.25) is 9.36 Å². The Morgan fingerprint density at radius 1 is 0.931 bits per heavy atom. The van der Waals surface area contributed by atoms with Crippen molar-refractivity contribution in [2.45, 2.75) is 6.92 Å². The van der Waals surface area contributed by atoms with Crippen molar-refractivity contribution >= 4 is 10.9 Å². The van der Waals surface area contributed by atoms with E-state index in [0.717, 1.165) is 16.7 Å². The van der Waals surface area contributed by atoms with Crippen molar-refractivity contribution in [1.82, 2.24) is 30.2 Å². The van der Waals surface area contributed by atoms with Gasteiger partial charge in [0.2, 0.25) is 5.82 Å². The molecule has 1 N–H and O–H groups in total. The molecule has 7 nitrogen and oxygen atoms in total. The van der Waals surface area contributed by atoms with Crippen LogP contribution in [0.3, 0.4) is 0 Å². The van der Waals surface area contributed by atoms with Crippen molar-refractivity contribution in [3.63, 3.8) is 0 Å². The number of hydrogen-bond acceptors (Lipinski definition) is 5. The zero-order chi connectivity index (χ0) is 19.8. The van der Waals surface area contributed by atoms with Crippen molar-refractivity contribution in [3.05, 3.63) is 88.7 Å². The first kappa shape index (κ1) is 17.0. The summed E-state index contributed by atoms with van der Waals surface area (Å²) in [5, 5.41) is 14.7. The van der Waals surface area contributed by atoms with Gasteiger partial charge in [-0.25, -0.2) is 4.98 Å². The third-order valence-corrected chi connectivity index (χ3v) is 4.87. The second kappa shape index (κ2) is 6.79. The fraction of sp³-hybridized carbons (Fsp3) is 0.0455. The van der Waals surface area contributed by atoms with Gasteiger partial charge >= 0.3 is 0 Å². The van der Waals surface area contributed by atoms with Crippen LogP contribution in [0.2, 0.25) is 0 Å². The molecule has 140 valence electrons. The van der Waals surface area contributed by atoms with E-state index in [-0.39, 0.29) is 5.56 Å². The number of aromatic nitrogens is 6. The second-order valence-corrected chi connectivity index (χ2v) is 6.69. The number of nitrogens with zero attached hydrogens (tertiary/aromatic N) is 5. The predicted octanol–water partition coefficient (Wildman–Crippen LogP) is 3.54. The summed E-state index contributed by atoms with van der Waals surface area (Å²) in [5.41, 5.74) is 3.93. The first-order valence-electron chi connectivity index (χ1n) is 9.14. The van der Waals surface area contributed by atoms with Crippen LogP contribution in [-0.4, -0.2) is 30.2 Å². The first-order chi connectivity index (χ1) is 14.2. The number of tetrazole rings is 1.